The Morgan fingerprint density at radius 3 is 2.50 bits per heavy atom. The van der Waals surface area contributed by atoms with E-state index in [1.54, 1.807) is 5.38 Å². The Labute approximate surface area is 171 Å². The van der Waals surface area contributed by atoms with Gasteiger partial charge in [-0.1, -0.05) is 12.1 Å². The zero-order chi connectivity index (χ0) is 16.8. The summed E-state index contributed by atoms with van der Waals surface area (Å²) in [6.07, 6.45) is 4.43. The predicted octanol–water partition coefficient (Wildman–Crippen LogP) is 3.38. The molecule has 0 unspecified atom stereocenters. The largest absolute Gasteiger partial charge is 0.330 e. The minimum atomic E-state index is -0.167. The summed E-state index contributed by atoms with van der Waals surface area (Å²) in [4.78, 5) is 19.0. The van der Waals surface area contributed by atoms with Gasteiger partial charge in [0.05, 0.1) is 5.01 Å². The fraction of sp³-hybridized carbons (Fsp3) is 0.444. The molecule has 2 aromatic rings. The molecule has 1 saturated heterocycles. The first-order valence-corrected chi connectivity index (χ1v) is 9.39. The van der Waals surface area contributed by atoms with Crippen molar-refractivity contribution in [2.24, 2.45) is 5.73 Å². The molecule has 0 bridgehead atoms. The van der Waals surface area contributed by atoms with Crippen LogP contribution in [0.15, 0.2) is 29.6 Å². The minimum Gasteiger partial charge on any atom is -0.330 e. The molecule has 3 rings (SSSR count). The molecule has 0 saturated carbocycles. The van der Waals surface area contributed by atoms with E-state index in [-0.39, 0.29) is 30.7 Å². The van der Waals surface area contributed by atoms with Crippen molar-refractivity contribution in [1.29, 1.82) is 0 Å². The summed E-state index contributed by atoms with van der Waals surface area (Å²) in [7, 11) is 0. The number of carbonyl (C=O) groups is 1. The van der Waals surface area contributed by atoms with E-state index in [0.29, 0.717) is 18.7 Å². The highest BCUT2D eigenvalue weighted by atomic mass is 35.5. The average Bonchev–Trinajstić information content (AvgIpc) is 3.26. The van der Waals surface area contributed by atoms with Crippen LogP contribution in [0.4, 0.5) is 5.69 Å². The van der Waals surface area contributed by atoms with Crippen LogP contribution in [0.3, 0.4) is 0 Å². The molecule has 1 aliphatic heterocycles. The van der Waals surface area contributed by atoms with Gasteiger partial charge in [0.25, 0.3) is 5.91 Å². The molecule has 26 heavy (non-hydrogen) atoms. The second-order valence-corrected chi connectivity index (χ2v) is 7.06. The highest BCUT2D eigenvalue weighted by Gasteiger charge is 2.12. The summed E-state index contributed by atoms with van der Waals surface area (Å²) in [6.45, 7) is 4.13. The first-order chi connectivity index (χ1) is 11.7. The van der Waals surface area contributed by atoms with Gasteiger partial charge in [-0.05, 0) is 56.6 Å². The number of thiazole rings is 1. The smallest absolute Gasteiger partial charge is 0.275 e. The number of rotatable bonds is 7. The molecule has 2 heterocycles. The molecule has 1 aliphatic rings. The molecule has 1 aromatic heterocycles. The SMILES string of the molecule is Cl.Cl.NCCc1nc(C(=O)Nc2ccc(CCN3CCCC3)cc2)cs1. The van der Waals surface area contributed by atoms with E-state index in [0.717, 1.165) is 23.7 Å². The van der Waals surface area contributed by atoms with Crippen LogP contribution in [0.25, 0.3) is 0 Å². The second kappa shape index (κ2) is 11.5. The molecular formula is C18H26Cl2N4OS. The predicted molar refractivity (Wildman–Crippen MR) is 113 cm³/mol. The number of likely N-dealkylation sites (tertiary alicyclic amines) is 1. The monoisotopic (exact) mass is 416 g/mol. The van der Waals surface area contributed by atoms with Gasteiger partial charge in [0.1, 0.15) is 5.69 Å². The molecule has 1 aromatic carbocycles. The Bertz CT molecular complexity index is 672. The molecule has 8 heteroatoms. The van der Waals surface area contributed by atoms with Gasteiger partial charge >= 0.3 is 0 Å². The van der Waals surface area contributed by atoms with E-state index in [2.05, 4.69) is 27.3 Å². The standard InChI is InChI=1S/C18H24N4OS.2ClH/c19-9-7-17-21-16(13-24-17)18(23)20-15-5-3-14(4-6-15)8-12-22-10-1-2-11-22;;/h3-6,13H,1-2,7-12,19H2,(H,20,23);2*1H. The fourth-order valence-corrected chi connectivity index (χ4v) is 3.69. The lowest BCUT2D eigenvalue weighted by Gasteiger charge is -2.14. The highest BCUT2D eigenvalue weighted by molar-refractivity contribution is 7.09. The Morgan fingerprint density at radius 2 is 1.85 bits per heavy atom. The Hall–Kier alpha value is -1.18. The van der Waals surface area contributed by atoms with Crippen LogP contribution in [-0.2, 0) is 12.8 Å². The summed E-state index contributed by atoms with van der Waals surface area (Å²) in [6, 6.07) is 8.11. The van der Waals surface area contributed by atoms with Gasteiger partial charge in [-0.2, -0.15) is 0 Å². The minimum absolute atomic E-state index is 0. The van der Waals surface area contributed by atoms with Crippen LogP contribution in [0, 0.1) is 0 Å². The lowest BCUT2D eigenvalue weighted by molar-refractivity contribution is 0.102. The third-order valence-electron chi connectivity index (χ3n) is 4.27. The number of nitrogens with one attached hydrogen (secondary N) is 1. The Balaban J connectivity index is 0.00000169. The van der Waals surface area contributed by atoms with Crippen LogP contribution in [0.1, 0.15) is 33.9 Å². The molecule has 0 spiro atoms. The maximum Gasteiger partial charge on any atom is 0.275 e. The van der Waals surface area contributed by atoms with Gasteiger partial charge in [0.15, 0.2) is 0 Å². The quantitative estimate of drug-likeness (QED) is 0.725. The molecule has 3 N–H and O–H groups in total. The van der Waals surface area contributed by atoms with Gasteiger partial charge in [-0.3, -0.25) is 4.79 Å². The van der Waals surface area contributed by atoms with Crippen molar-refractivity contribution in [2.45, 2.75) is 25.7 Å². The van der Waals surface area contributed by atoms with E-state index < -0.39 is 0 Å². The number of benzene rings is 1. The summed E-state index contributed by atoms with van der Waals surface area (Å²) in [5.74, 6) is -0.167. The fourth-order valence-electron chi connectivity index (χ4n) is 2.90. The number of carbonyl (C=O) groups excluding carboxylic acids is 1. The van der Waals surface area contributed by atoms with Crippen LogP contribution in [-0.4, -0.2) is 42.0 Å². The maximum absolute atomic E-state index is 12.2. The van der Waals surface area contributed by atoms with Crippen molar-refractivity contribution in [3.63, 3.8) is 0 Å². The van der Waals surface area contributed by atoms with E-state index in [4.69, 9.17) is 5.73 Å². The van der Waals surface area contributed by atoms with Gasteiger partial charge in [0, 0.05) is 24.0 Å². The first-order valence-electron chi connectivity index (χ1n) is 8.52. The van der Waals surface area contributed by atoms with Gasteiger partial charge in [-0.25, -0.2) is 4.98 Å². The summed E-state index contributed by atoms with van der Waals surface area (Å²) in [5.41, 5.74) is 8.08. The third kappa shape index (κ3) is 6.52. The molecule has 0 atom stereocenters. The van der Waals surface area contributed by atoms with Crippen LogP contribution >= 0.6 is 36.2 Å². The molecule has 5 nitrogen and oxygen atoms in total. The van der Waals surface area contributed by atoms with Crippen LogP contribution in [0.2, 0.25) is 0 Å². The van der Waals surface area contributed by atoms with Crippen molar-refractivity contribution >= 4 is 47.7 Å². The Morgan fingerprint density at radius 1 is 1.15 bits per heavy atom. The zero-order valence-corrected chi connectivity index (χ0v) is 17.1. The normalized spacial score (nSPS) is 13.7. The number of amides is 1. The van der Waals surface area contributed by atoms with Crippen LogP contribution < -0.4 is 11.1 Å². The van der Waals surface area contributed by atoms with Crippen molar-refractivity contribution in [3.8, 4) is 0 Å². The van der Waals surface area contributed by atoms with Gasteiger partial charge < -0.3 is 16.0 Å². The number of hydrogen-bond donors (Lipinski definition) is 2. The topological polar surface area (TPSA) is 71.2 Å². The van der Waals surface area contributed by atoms with Crippen molar-refractivity contribution in [2.75, 3.05) is 31.5 Å². The lowest BCUT2D eigenvalue weighted by Crippen LogP contribution is -2.21. The van der Waals surface area contributed by atoms with E-state index >= 15 is 0 Å². The molecule has 144 valence electrons. The maximum atomic E-state index is 12.2. The first kappa shape index (κ1) is 22.9. The summed E-state index contributed by atoms with van der Waals surface area (Å²) >= 11 is 1.48. The molecule has 1 fully saturated rings. The van der Waals surface area contributed by atoms with Gasteiger partial charge in [0.2, 0.25) is 0 Å². The highest BCUT2D eigenvalue weighted by Crippen LogP contribution is 2.15. The third-order valence-corrected chi connectivity index (χ3v) is 5.18. The number of halogens is 2. The van der Waals surface area contributed by atoms with Crippen molar-refractivity contribution < 1.29 is 4.79 Å². The van der Waals surface area contributed by atoms with Crippen molar-refractivity contribution in [3.05, 3.63) is 45.9 Å². The number of hydrogen-bond acceptors (Lipinski definition) is 5. The number of anilines is 1. The molecule has 0 aliphatic carbocycles. The number of aromatic nitrogens is 1. The second-order valence-electron chi connectivity index (χ2n) is 6.11. The molecular weight excluding hydrogens is 391 g/mol. The van der Waals surface area contributed by atoms with E-state index in [1.807, 2.05) is 12.1 Å². The molecule has 0 radical (unpaired) electrons. The summed E-state index contributed by atoms with van der Waals surface area (Å²) in [5, 5.41) is 5.59. The number of nitrogens with two attached hydrogens (primary N) is 1. The Kier molecular flexibility index (Phi) is 10.1. The lowest BCUT2D eigenvalue weighted by atomic mass is 10.1. The molecule has 1 amide bonds. The van der Waals surface area contributed by atoms with E-state index in [9.17, 15) is 4.79 Å². The van der Waals surface area contributed by atoms with Crippen LogP contribution in [0.5, 0.6) is 0 Å². The zero-order valence-electron chi connectivity index (χ0n) is 14.6. The number of nitrogens with zero attached hydrogens (tertiary/aromatic N) is 2. The van der Waals surface area contributed by atoms with E-state index in [1.165, 1.54) is 42.8 Å². The average molecular weight is 417 g/mol. The van der Waals surface area contributed by atoms with Crippen molar-refractivity contribution in [1.82, 2.24) is 9.88 Å². The summed E-state index contributed by atoms with van der Waals surface area (Å²) < 4.78 is 0. The van der Waals surface area contributed by atoms with Gasteiger partial charge in [-0.15, -0.1) is 36.2 Å².